The van der Waals surface area contributed by atoms with Crippen LogP contribution in [0.25, 0.3) is 0 Å². The Kier molecular flexibility index (Phi) is 8.15. The molecule has 2 aromatic rings. The monoisotopic (exact) mass is 437 g/mol. The SMILES string of the molecule is COc1ccc([C@H](CNC(=O)c2ccc(CN3CCCCC3)cc2)N2CCOCC2)cc1. The number of methoxy groups -OCH3 is 1. The van der Waals surface area contributed by atoms with Gasteiger partial charge in [0, 0.05) is 31.7 Å². The van der Waals surface area contributed by atoms with Crippen molar-refractivity contribution in [3.63, 3.8) is 0 Å². The zero-order chi connectivity index (χ0) is 22.2. The van der Waals surface area contributed by atoms with Gasteiger partial charge in [-0.15, -0.1) is 0 Å². The Labute approximate surface area is 191 Å². The molecule has 1 atom stereocenters. The summed E-state index contributed by atoms with van der Waals surface area (Å²) in [6, 6.07) is 16.3. The number of piperidine rings is 1. The maximum absolute atomic E-state index is 12.9. The number of carbonyl (C=O) groups is 1. The molecule has 172 valence electrons. The van der Waals surface area contributed by atoms with Crippen molar-refractivity contribution in [2.45, 2.75) is 31.8 Å². The second-order valence-electron chi connectivity index (χ2n) is 8.68. The molecule has 0 aromatic heterocycles. The van der Waals surface area contributed by atoms with Crippen LogP contribution in [0.15, 0.2) is 48.5 Å². The van der Waals surface area contributed by atoms with E-state index in [0.717, 1.165) is 38.6 Å². The molecule has 2 aromatic carbocycles. The number of rotatable bonds is 8. The highest BCUT2D eigenvalue weighted by Gasteiger charge is 2.23. The number of benzene rings is 2. The van der Waals surface area contributed by atoms with Gasteiger partial charge in [-0.1, -0.05) is 30.7 Å². The first-order valence-corrected chi connectivity index (χ1v) is 11.8. The molecule has 0 aliphatic carbocycles. The number of morpholine rings is 1. The van der Waals surface area contributed by atoms with Crippen molar-refractivity contribution in [1.29, 1.82) is 0 Å². The summed E-state index contributed by atoms with van der Waals surface area (Å²) >= 11 is 0. The Balaban J connectivity index is 1.37. The van der Waals surface area contributed by atoms with E-state index in [1.165, 1.54) is 43.5 Å². The minimum atomic E-state index is -0.0266. The summed E-state index contributed by atoms with van der Waals surface area (Å²) < 4.78 is 10.8. The fourth-order valence-electron chi connectivity index (χ4n) is 4.60. The van der Waals surface area contributed by atoms with Gasteiger partial charge < -0.3 is 14.8 Å². The van der Waals surface area contributed by atoms with Crippen molar-refractivity contribution in [3.05, 3.63) is 65.2 Å². The van der Waals surface area contributed by atoms with Gasteiger partial charge in [0.05, 0.1) is 26.4 Å². The smallest absolute Gasteiger partial charge is 0.251 e. The number of nitrogens with one attached hydrogen (secondary N) is 1. The zero-order valence-electron chi connectivity index (χ0n) is 19.1. The third kappa shape index (κ3) is 6.09. The molecule has 32 heavy (non-hydrogen) atoms. The van der Waals surface area contributed by atoms with Crippen LogP contribution in [-0.4, -0.2) is 68.8 Å². The lowest BCUT2D eigenvalue weighted by Crippen LogP contribution is -2.43. The molecule has 2 aliphatic rings. The van der Waals surface area contributed by atoms with Crippen LogP contribution in [0.2, 0.25) is 0 Å². The highest BCUT2D eigenvalue weighted by Crippen LogP contribution is 2.24. The molecule has 2 aliphatic heterocycles. The molecule has 4 rings (SSSR count). The summed E-state index contributed by atoms with van der Waals surface area (Å²) in [4.78, 5) is 17.8. The maximum atomic E-state index is 12.9. The van der Waals surface area contributed by atoms with Crippen molar-refractivity contribution >= 4 is 5.91 Å². The van der Waals surface area contributed by atoms with Crippen LogP contribution in [-0.2, 0) is 11.3 Å². The molecule has 2 fully saturated rings. The molecule has 0 saturated carbocycles. The first-order chi connectivity index (χ1) is 15.7. The van der Waals surface area contributed by atoms with Gasteiger partial charge in [-0.05, 0) is 61.3 Å². The number of likely N-dealkylation sites (tertiary alicyclic amines) is 1. The van der Waals surface area contributed by atoms with Gasteiger partial charge >= 0.3 is 0 Å². The molecule has 1 amide bonds. The lowest BCUT2D eigenvalue weighted by molar-refractivity contribution is 0.0162. The van der Waals surface area contributed by atoms with Crippen LogP contribution in [0.4, 0.5) is 0 Å². The van der Waals surface area contributed by atoms with Crippen molar-refractivity contribution < 1.29 is 14.3 Å². The first-order valence-electron chi connectivity index (χ1n) is 11.8. The minimum Gasteiger partial charge on any atom is -0.497 e. The Morgan fingerprint density at radius 2 is 1.66 bits per heavy atom. The molecule has 0 radical (unpaired) electrons. The number of carbonyl (C=O) groups excluding carboxylic acids is 1. The Hall–Kier alpha value is -2.41. The van der Waals surface area contributed by atoms with Crippen LogP contribution >= 0.6 is 0 Å². The Morgan fingerprint density at radius 3 is 2.31 bits per heavy atom. The summed E-state index contributed by atoms with van der Waals surface area (Å²) in [7, 11) is 1.67. The number of nitrogens with zero attached hydrogens (tertiary/aromatic N) is 2. The number of hydrogen-bond donors (Lipinski definition) is 1. The molecule has 0 spiro atoms. The van der Waals surface area contributed by atoms with Crippen molar-refractivity contribution in [2.75, 3.05) is 53.0 Å². The molecule has 6 nitrogen and oxygen atoms in total. The summed E-state index contributed by atoms with van der Waals surface area (Å²) in [6.07, 6.45) is 3.93. The second-order valence-corrected chi connectivity index (χ2v) is 8.68. The van der Waals surface area contributed by atoms with Gasteiger partial charge in [0.15, 0.2) is 0 Å². The molecule has 2 heterocycles. The predicted molar refractivity (Wildman–Crippen MR) is 126 cm³/mol. The predicted octanol–water partition coefficient (Wildman–Crippen LogP) is 3.48. The fourth-order valence-corrected chi connectivity index (χ4v) is 4.60. The molecule has 6 heteroatoms. The van der Waals surface area contributed by atoms with Gasteiger partial charge in [-0.2, -0.15) is 0 Å². The molecular weight excluding hydrogens is 402 g/mol. The third-order valence-corrected chi connectivity index (χ3v) is 6.51. The van der Waals surface area contributed by atoms with Gasteiger partial charge in [-0.25, -0.2) is 0 Å². The summed E-state index contributed by atoms with van der Waals surface area (Å²) in [5, 5.41) is 3.16. The molecule has 2 saturated heterocycles. The molecule has 0 unspecified atom stereocenters. The van der Waals surface area contributed by atoms with Gasteiger partial charge in [0.25, 0.3) is 5.91 Å². The van der Waals surface area contributed by atoms with E-state index in [2.05, 4.69) is 39.4 Å². The van der Waals surface area contributed by atoms with Crippen molar-refractivity contribution in [2.24, 2.45) is 0 Å². The lowest BCUT2D eigenvalue weighted by atomic mass is 10.0. The van der Waals surface area contributed by atoms with E-state index in [4.69, 9.17) is 9.47 Å². The van der Waals surface area contributed by atoms with E-state index >= 15 is 0 Å². The van der Waals surface area contributed by atoms with Gasteiger partial charge in [-0.3, -0.25) is 14.6 Å². The number of hydrogen-bond acceptors (Lipinski definition) is 5. The van der Waals surface area contributed by atoms with Crippen LogP contribution in [0, 0.1) is 0 Å². The van der Waals surface area contributed by atoms with E-state index in [9.17, 15) is 4.79 Å². The van der Waals surface area contributed by atoms with Crippen LogP contribution in [0.1, 0.15) is 46.8 Å². The standard InChI is InChI=1S/C26H35N3O3/c1-31-24-11-9-22(10-12-24)25(29-15-17-32-18-16-29)19-27-26(30)23-7-5-21(6-8-23)20-28-13-3-2-4-14-28/h5-12,25H,2-4,13-20H2,1H3,(H,27,30)/t25-/m0/s1. The average Bonchev–Trinajstić information content (AvgIpc) is 2.86. The number of amides is 1. The second kappa shape index (κ2) is 11.5. The highest BCUT2D eigenvalue weighted by molar-refractivity contribution is 5.94. The molecule has 0 bridgehead atoms. The van der Waals surface area contributed by atoms with Gasteiger partial charge in [0.1, 0.15) is 5.75 Å². The topological polar surface area (TPSA) is 54.0 Å². The highest BCUT2D eigenvalue weighted by atomic mass is 16.5. The van der Waals surface area contributed by atoms with Crippen molar-refractivity contribution in [3.8, 4) is 5.75 Å². The fraction of sp³-hybridized carbons (Fsp3) is 0.500. The maximum Gasteiger partial charge on any atom is 0.251 e. The molecule has 1 N–H and O–H groups in total. The van der Waals surface area contributed by atoms with E-state index in [0.29, 0.717) is 12.1 Å². The van der Waals surface area contributed by atoms with Crippen molar-refractivity contribution in [1.82, 2.24) is 15.1 Å². The van der Waals surface area contributed by atoms with E-state index in [1.54, 1.807) is 7.11 Å². The zero-order valence-corrected chi connectivity index (χ0v) is 19.1. The summed E-state index contributed by atoms with van der Waals surface area (Å²) in [5.74, 6) is 0.810. The van der Waals surface area contributed by atoms with E-state index in [1.807, 2.05) is 24.3 Å². The Bertz CT molecular complexity index is 842. The van der Waals surface area contributed by atoms with Crippen LogP contribution in [0.3, 0.4) is 0 Å². The Morgan fingerprint density at radius 1 is 0.969 bits per heavy atom. The largest absolute Gasteiger partial charge is 0.497 e. The van der Waals surface area contributed by atoms with E-state index < -0.39 is 0 Å². The van der Waals surface area contributed by atoms with Crippen LogP contribution in [0.5, 0.6) is 5.75 Å². The van der Waals surface area contributed by atoms with E-state index in [-0.39, 0.29) is 11.9 Å². The quantitative estimate of drug-likeness (QED) is 0.685. The lowest BCUT2D eigenvalue weighted by Gasteiger charge is -2.35. The van der Waals surface area contributed by atoms with Crippen LogP contribution < -0.4 is 10.1 Å². The molecular formula is C26H35N3O3. The normalized spacial score (nSPS) is 18.8. The first kappa shape index (κ1) is 22.8. The number of ether oxygens (including phenoxy) is 2. The minimum absolute atomic E-state index is 0.0266. The summed E-state index contributed by atoms with van der Waals surface area (Å²) in [6.45, 7) is 7.04. The summed E-state index contributed by atoms with van der Waals surface area (Å²) in [5.41, 5.74) is 3.15. The average molecular weight is 438 g/mol. The van der Waals surface area contributed by atoms with Gasteiger partial charge in [0.2, 0.25) is 0 Å². The third-order valence-electron chi connectivity index (χ3n) is 6.51.